The van der Waals surface area contributed by atoms with Crippen molar-refractivity contribution in [1.82, 2.24) is 4.98 Å². The molecule has 0 unspecified atom stereocenters. The molecule has 0 bridgehead atoms. The zero-order valence-corrected chi connectivity index (χ0v) is 10.4. The van der Waals surface area contributed by atoms with Crippen LogP contribution in [0.5, 0.6) is 11.6 Å². The summed E-state index contributed by atoms with van der Waals surface area (Å²) in [5.74, 6) is -2.42. The fraction of sp³-hybridized carbons (Fsp3) is 0.286. The van der Waals surface area contributed by atoms with E-state index in [1.54, 1.807) is 0 Å². The van der Waals surface area contributed by atoms with Crippen molar-refractivity contribution in [2.75, 3.05) is 7.11 Å². The van der Waals surface area contributed by atoms with E-state index in [0.717, 1.165) is 7.11 Å². The van der Waals surface area contributed by atoms with Gasteiger partial charge in [-0.15, -0.1) is 13.2 Å². The second-order valence-corrected chi connectivity index (χ2v) is 4.66. The van der Waals surface area contributed by atoms with E-state index in [-0.39, 0.29) is 0 Å². The molecule has 0 saturated heterocycles. The molecule has 0 aromatic carbocycles. The molecule has 1 aromatic heterocycles. The Labute approximate surface area is 109 Å². The van der Waals surface area contributed by atoms with Gasteiger partial charge in [0.2, 0.25) is 20.7 Å². The van der Waals surface area contributed by atoms with Crippen LogP contribution in [0.2, 0.25) is 0 Å². The lowest BCUT2D eigenvalue weighted by atomic mass is 10.4. The zero-order chi connectivity index (χ0) is 15.7. The number of rotatable bonds is 4. The SMILES string of the molecule is COc1ncc([N+](=O)[O-])c(S(N)(=O)=O)c1OC(F)(F)F. The summed E-state index contributed by atoms with van der Waals surface area (Å²) in [4.78, 5) is 11.1. The van der Waals surface area contributed by atoms with Crippen LogP contribution in [0.3, 0.4) is 0 Å². The average Bonchev–Trinajstić information content (AvgIpc) is 2.24. The van der Waals surface area contributed by atoms with Crippen molar-refractivity contribution in [3.63, 3.8) is 0 Å². The molecule has 1 heterocycles. The van der Waals surface area contributed by atoms with E-state index in [4.69, 9.17) is 0 Å². The summed E-state index contributed by atoms with van der Waals surface area (Å²) in [5, 5.41) is 15.3. The van der Waals surface area contributed by atoms with Gasteiger partial charge in [0.25, 0.3) is 5.88 Å². The fourth-order valence-electron chi connectivity index (χ4n) is 1.21. The van der Waals surface area contributed by atoms with Crippen molar-refractivity contribution in [3.8, 4) is 11.6 Å². The number of hydrogen-bond acceptors (Lipinski definition) is 7. The minimum Gasteiger partial charge on any atom is -0.478 e. The minimum atomic E-state index is -5.33. The molecule has 2 N–H and O–H groups in total. The van der Waals surface area contributed by atoms with Gasteiger partial charge in [0.15, 0.2) is 0 Å². The number of primary sulfonamides is 1. The second kappa shape index (κ2) is 5.09. The molecule has 20 heavy (non-hydrogen) atoms. The summed E-state index contributed by atoms with van der Waals surface area (Å²) in [6.45, 7) is 0. The molecule has 13 heteroatoms. The van der Waals surface area contributed by atoms with Crippen molar-refractivity contribution >= 4 is 15.7 Å². The van der Waals surface area contributed by atoms with Crippen LogP contribution in [0.4, 0.5) is 18.9 Å². The van der Waals surface area contributed by atoms with Crippen LogP contribution in [-0.2, 0) is 10.0 Å². The van der Waals surface area contributed by atoms with Crippen LogP contribution < -0.4 is 14.6 Å². The Hall–Kier alpha value is -2.15. The third-order valence-electron chi connectivity index (χ3n) is 1.83. The smallest absolute Gasteiger partial charge is 0.478 e. The number of aromatic nitrogens is 1. The van der Waals surface area contributed by atoms with E-state index in [1.807, 2.05) is 0 Å². The number of sulfonamides is 1. The van der Waals surface area contributed by atoms with Gasteiger partial charge in [-0.2, -0.15) is 0 Å². The van der Waals surface area contributed by atoms with Gasteiger partial charge in [-0.25, -0.2) is 18.5 Å². The summed E-state index contributed by atoms with van der Waals surface area (Å²) in [7, 11) is -4.04. The molecule has 0 spiro atoms. The fourth-order valence-corrected chi connectivity index (χ4v) is 2.01. The van der Waals surface area contributed by atoms with Crippen LogP contribution in [0.25, 0.3) is 0 Å². The molecule has 1 aromatic rings. The topological polar surface area (TPSA) is 135 Å². The molecule has 0 amide bonds. The number of pyridine rings is 1. The second-order valence-electron chi connectivity index (χ2n) is 3.16. The van der Waals surface area contributed by atoms with E-state index < -0.39 is 43.5 Å². The molecule has 1 rings (SSSR count). The number of halogens is 3. The van der Waals surface area contributed by atoms with E-state index in [0.29, 0.717) is 6.20 Å². The first-order valence-electron chi connectivity index (χ1n) is 4.47. The maximum atomic E-state index is 12.2. The monoisotopic (exact) mass is 317 g/mol. The Morgan fingerprint density at radius 3 is 2.35 bits per heavy atom. The Balaban J connectivity index is 3.75. The van der Waals surface area contributed by atoms with E-state index in [2.05, 4.69) is 19.6 Å². The lowest BCUT2D eigenvalue weighted by Crippen LogP contribution is -2.23. The summed E-state index contributed by atoms with van der Waals surface area (Å²) in [6, 6.07) is 0. The highest BCUT2D eigenvalue weighted by Gasteiger charge is 2.40. The molecule has 0 atom stereocenters. The third-order valence-corrected chi connectivity index (χ3v) is 2.79. The lowest BCUT2D eigenvalue weighted by molar-refractivity contribution is -0.388. The van der Waals surface area contributed by atoms with Crippen molar-refractivity contribution < 1.29 is 36.0 Å². The first-order chi connectivity index (χ1) is 8.97. The largest absolute Gasteiger partial charge is 0.573 e. The summed E-state index contributed by atoms with van der Waals surface area (Å²) in [6.07, 6.45) is -4.94. The number of nitrogens with two attached hydrogens (primary N) is 1. The van der Waals surface area contributed by atoms with Crippen LogP contribution in [-0.4, -0.2) is 31.8 Å². The van der Waals surface area contributed by atoms with Gasteiger partial charge < -0.3 is 9.47 Å². The first-order valence-corrected chi connectivity index (χ1v) is 6.02. The van der Waals surface area contributed by atoms with Gasteiger partial charge in [-0.1, -0.05) is 0 Å². The van der Waals surface area contributed by atoms with Crippen LogP contribution >= 0.6 is 0 Å². The van der Waals surface area contributed by atoms with Gasteiger partial charge in [0, 0.05) is 0 Å². The predicted octanol–water partition coefficient (Wildman–Crippen LogP) is 0.544. The van der Waals surface area contributed by atoms with Gasteiger partial charge in [0.05, 0.1) is 12.0 Å². The molecule has 0 saturated carbocycles. The summed E-state index contributed by atoms with van der Waals surface area (Å²) < 4.78 is 67.1. The van der Waals surface area contributed by atoms with Gasteiger partial charge in [-0.05, 0) is 0 Å². The average molecular weight is 317 g/mol. The number of alkyl halides is 3. The molecule has 0 aliphatic rings. The highest BCUT2D eigenvalue weighted by Crippen LogP contribution is 2.40. The van der Waals surface area contributed by atoms with E-state index in [1.165, 1.54) is 0 Å². The number of nitro groups is 1. The molecule has 0 aliphatic carbocycles. The molecule has 9 nitrogen and oxygen atoms in total. The zero-order valence-electron chi connectivity index (χ0n) is 9.54. The van der Waals surface area contributed by atoms with Crippen molar-refractivity contribution in [3.05, 3.63) is 16.3 Å². The molecule has 0 radical (unpaired) electrons. The van der Waals surface area contributed by atoms with Gasteiger partial charge in [-0.3, -0.25) is 10.1 Å². The predicted molar refractivity (Wildman–Crippen MR) is 55.5 cm³/mol. The lowest BCUT2D eigenvalue weighted by Gasteiger charge is -2.14. The molecular weight excluding hydrogens is 311 g/mol. The Kier molecular flexibility index (Phi) is 4.04. The number of methoxy groups -OCH3 is 1. The first kappa shape index (κ1) is 15.9. The maximum absolute atomic E-state index is 12.2. The van der Waals surface area contributed by atoms with Crippen LogP contribution in [0.1, 0.15) is 0 Å². The molecule has 112 valence electrons. The van der Waals surface area contributed by atoms with Gasteiger partial charge >= 0.3 is 12.0 Å². The standard InChI is InChI=1S/C7H6F3N3O6S/c1-18-6-4(19-7(8,9)10)5(20(11,16)17)3(2-12-6)13(14)15/h2H,1H3,(H2,11,16,17). The highest BCUT2D eigenvalue weighted by atomic mass is 32.2. The van der Waals surface area contributed by atoms with Crippen LogP contribution in [0, 0.1) is 10.1 Å². The summed E-state index contributed by atoms with van der Waals surface area (Å²) >= 11 is 0. The molecular formula is C7H6F3N3O6S. The summed E-state index contributed by atoms with van der Waals surface area (Å²) in [5.41, 5.74) is -1.27. The van der Waals surface area contributed by atoms with Crippen molar-refractivity contribution in [2.24, 2.45) is 5.14 Å². The van der Waals surface area contributed by atoms with Crippen molar-refractivity contribution in [1.29, 1.82) is 0 Å². The quantitative estimate of drug-likeness (QED) is 0.632. The number of hydrogen-bond donors (Lipinski definition) is 1. The van der Waals surface area contributed by atoms with E-state index in [9.17, 15) is 31.7 Å². The number of nitrogens with zero attached hydrogens (tertiary/aromatic N) is 2. The van der Waals surface area contributed by atoms with Gasteiger partial charge in [0.1, 0.15) is 6.20 Å². The number of ether oxygens (including phenoxy) is 2. The highest BCUT2D eigenvalue weighted by molar-refractivity contribution is 7.89. The molecule has 0 aliphatic heterocycles. The van der Waals surface area contributed by atoms with E-state index >= 15 is 0 Å². The Morgan fingerprint density at radius 2 is 2.00 bits per heavy atom. The van der Waals surface area contributed by atoms with Crippen LogP contribution in [0.15, 0.2) is 11.1 Å². The maximum Gasteiger partial charge on any atom is 0.573 e. The Bertz CT molecular complexity index is 644. The van der Waals surface area contributed by atoms with Crippen molar-refractivity contribution in [2.45, 2.75) is 11.3 Å². The Morgan fingerprint density at radius 1 is 1.45 bits per heavy atom. The third kappa shape index (κ3) is 3.45. The normalized spacial score (nSPS) is 12.1. The molecule has 0 fully saturated rings. The minimum absolute atomic E-state index is 0.391.